The molecule has 1 N–H and O–H groups in total. The molecule has 1 fully saturated rings. The summed E-state index contributed by atoms with van der Waals surface area (Å²) in [5.41, 5.74) is 1.14. The van der Waals surface area contributed by atoms with E-state index in [4.69, 9.17) is 5.11 Å². The maximum absolute atomic E-state index is 8.90. The van der Waals surface area contributed by atoms with Crippen molar-refractivity contribution in [2.24, 2.45) is 0 Å². The van der Waals surface area contributed by atoms with Gasteiger partial charge in [-0.15, -0.1) is 10.2 Å². The van der Waals surface area contributed by atoms with Crippen molar-refractivity contribution in [2.45, 2.75) is 50.2 Å². The Morgan fingerprint density at radius 1 is 0.960 bits per heavy atom. The number of aliphatic hydroxyl groups excluding tert-OH is 1. The minimum Gasteiger partial charge on any atom is -0.396 e. The Kier molecular flexibility index (Phi) is 7.33. The molecule has 0 spiro atoms. The van der Waals surface area contributed by atoms with Gasteiger partial charge in [0.15, 0.2) is 11.0 Å². The number of rotatable bonds is 9. The maximum Gasteiger partial charge on any atom is 0.195 e. The summed E-state index contributed by atoms with van der Waals surface area (Å²) in [5, 5.41) is 18.9. The average molecular weight is 361 g/mol. The van der Waals surface area contributed by atoms with E-state index in [9.17, 15) is 0 Å². The fourth-order valence-electron chi connectivity index (χ4n) is 3.20. The summed E-state index contributed by atoms with van der Waals surface area (Å²) in [4.78, 5) is 2.49. The molecule has 1 saturated heterocycles. The summed E-state index contributed by atoms with van der Waals surface area (Å²) in [6.07, 6.45) is 6.94. The van der Waals surface area contributed by atoms with Crippen LogP contribution >= 0.6 is 11.8 Å². The highest BCUT2D eigenvalue weighted by atomic mass is 32.2. The van der Waals surface area contributed by atoms with Gasteiger partial charge in [-0.1, -0.05) is 42.8 Å². The zero-order chi connectivity index (χ0) is 17.3. The van der Waals surface area contributed by atoms with E-state index in [1.165, 1.54) is 19.3 Å². The summed E-state index contributed by atoms with van der Waals surface area (Å²) in [6, 6.07) is 10.4. The predicted molar refractivity (Wildman–Crippen MR) is 102 cm³/mol. The fraction of sp³-hybridized carbons (Fsp3) is 0.579. The van der Waals surface area contributed by atoms with Crippen LogP contribution in [-0.2, 0) is 6.54 Å². The summed E-state index contributed by atoms with van der Waals surface area (Å²) >= 11 is 1.76. The first-order valence-corrected chi connectivity index (χ1v) is 10.3. The van der Waals surface area contributed by atoms with Gasteiger partial charge in [0.05, 0.1) is 6.54 Å². The molecule has 25 heavy (non-hydrogen) atoms. The predicted octanol–water partition coefficient (Wildman–Crippen LogP) is 3.51. The number of hydrogen-bond donors (Lipinski definition) is 1. The van der Waals surface area contributed by atoms with Crippen molar-refractivity contribution in [3.63, 3.8) is 0 Å². The second-order valence-corrected chi connectivity index (χ2v) is 7.60. The lowest BCUT2D eigenvalue weighted by Gasteiger charge is -2.26. The molecule has 0 radical (unpaired) electrons. The molecular weight excluding hydrogens is 332 g/mol. The van der Waals surface area contributed by atoms with E-state index >= 15 is 0 Å². The van der Waals surface area contributed by atoms with Gasteiger partial charge in [-0.25, -0.2) is 0 Å². The third-order valence-corrected chi connectivity index (χ3v) is 5.58. The van der Waals surface area contributed by atoms with Crippen LogP contribution in [0.15, 0.2) is 35.5 Å². The van der Waals surface area contributed by atoms with Crippen molar-refractivity contribution >= 4 is 11.8 Å². The molecule has 1 aromatic carbocycles. The maximum atomic E-state index is 8.90. The highest BCUT2D eigenvalue weighted by molar-refractivity contribution is 7.99. The Labute approximate surface area is 154 Å². The van der Waals surface area contributed by atoms with Gasteiger partial charge in [-0.3, -0.25) is 9.47 Å². The van der Waals surface area contributed by atoms with Crippen molar-refractivity contribution < 1.29 is 5.11 Å². The second kappa shape index (κ2) is 9.94. The zero-order valence-corrected chi connectivity index (χ0v) is 15.6. The molecule has 136 valence electrons. The van der Waals surface area contributed by atoms with Gasteiger partial charge in [-0.2, -0.15) is 0 Å². The van der Waals surface area contributed by atoms with E-state index in [-0.39, 0.29) is 6.61 Å². The number of nitrogens with zero attached hydrogens (tertiary/aromatic N) is 4. The van der Waals surface area contributed by atoms with Gasteiger partial charge < -0.3 is 5.11 Å². The SMILES string of the molecule is OCCCCCSc1nnc(CN2CCCCC2)n1-c1ccccc1. The Hall–Kier alpha value is -1.37. The molecular formula is C19H28N4OS. The number of aliphatic hydroxyl groups is 1. The van der Waals surface area contributed by atoms with Crippen LogP contribution in [0.2, 0.25) is 0 Å². The van der Waals surface area contributed by atoms with Crippen LogP contribution in [0.3, 0.4) is 0 Å². The largest absolute Gasteiger partial charge is 0.396 e. The highest BCUT2D eigenvalue weighted by Crippen LogP contribution is 2.24. The van der Waals surface area contributed by atoms with Gasteiger partial charge in [0.1, 0.15) is 0 Å². The minimum absolute atomic E-state index is 0.283. The number of benzene rings is 1. The van der Waals surface area contributed by atoms with Gasteiger partial charge in [0.25, 0.3) is 0 Å². The van der Waals surface area contributed by atoms with E-state index in [1.54, 1.807) is 11.8 Å². The molecule has 0 bridgehead atoms. The van der Waals surface area contributed by atoms with Crippen LogP contribution < -0.4 is 0 Å². The quantitative estimate of drug-likeness (QED) is 0.548. The second-order valence-electron chi connectivity index (χ2n) is 6.54. The van der Waals surface area contributed by atoms with Gasteiger partial charge >= 0.3 is 0 Å². The molecule has 0 unspecified atom stereocenters. The number of para-hydroxylation sites is 1. The third kappa shape index (κ3) is 5.30. The standard InChI is InChI=1S/C19H28N4OS/c24-14-8-3-9-15-25-19-21-20-18(16-22-12-6-2-7-13-22)23(19)17-10-4-1-5-11-17/h1,4-5,10-11,24H,2-3,6-9,12-16H2. The first-order valence-electron chi connectivity index (χ1n) is 9.34. The minimum atomic E-state index is 0.283. The summed E-state index contributed by atoms with van der Waals surface area (Å²) in [7, 11) is 0. The Morgan fingerprint density at radius 2 is 1.76 bits per heavy atom. The molecule has 0 saturated carbocycles. The van der Waals surface area contributed by atoms with Crippen molar-refractivity contribution in [3.8, 4) is 5.69 Å². The van der Waals surface area contributed by atoms with Gasteiger partial charge in [0.2, 0.25) is 0 Å². The number of likely N-dealkylation sites (tertiary alicyclic amines) is 1. The number of piperidine rings is 1. The molecule has 6 heteroatoms. The molecule has 1 aliphatic rings. The lowest BCUT2D eigenvalue weighted by Crippen LogP contribution is -2.30. The Bertz CT molecular complexity index is 626. The topological polar surface area (TPSA) is 54.2 Å². The molecule has 3 rings (SSSR count). The normalized spacial score (nSPS) is 15.6. The number of thioether (sulfide) groups is 1. The fourth-order valence-corrected chi connectivity index (χ4v) is 4.17. The van der Waals surface area contributed by atoms with Crippen LogP contribution in [0, 0.1) is 0 Å². The molecule has 2 aromatic rings. The average Bonchev–Trinajstić information content (AvgIpc) is 3.05. The molecule has 2 heterocycles. The van der Waals surface area contributed by atoms with Gasteiger partial charge in [-0.05, 0) is 50.9 Å². The highest BCUT2D eigenvalue weighted by Gasteiger charge is 2.18. The van der Waals surface area contributed by atoms with E-state index < -0.39 is 0 Å². The van der Waals surface area contributed by atoms with Crippen molar-refractivity contribution in [2.75, 3.05) is 25.4 Å². The van der Waals surface area contributed by atoms with E-state index in [1.807, 2.05) is 6.07 Å². The Balaban J connectivity index is 1.73. The zero-order valence-electron chi connectivity index (χ0n) is 14.8. The molecule has 5 nitrogen and oxygen atoms in total. The van der Waals surface area contributed by atoms with Crippen LogP contribution in [-0.4, -0.2) is 50.2 Å². The van der Waals surface area contributed by atoms with E-state index in [0.29, 0.717) is 0 Å². The lowest BCUT2D eigenvalue weighted by atomic mass is 10.1. The number of aromatic nitrogens is 3. The van der Waals surface area contributed by atoms with Gasteiger partial charge in [0, 0.05) is 18.0 Å². The first-order chi connectivity index (χ1) is 12.4. The molecule has 0 atom stereocenters. The summed E-state index contributed by atoms with van der Waals surface area (Å²) < 4.78 is 2.21. The lowest BCUT2D eigenvalue weighted by molar-refractivity contribution is 0.214. The Morgan fingerprint density at radius 3 is 2.52 bits per heavy atom. The molecule has 1 aromatic heterocycles. The van der Waals surface area contributed by atoms with Crippen LogP contribution in [0.5, 0.6) is 0 Å². The smallest absolute Gasteiger partial charge is 0.195 e. The first kappa shape index (κ1) is 18.4. The van der Waals surface area contributed by atoms with Crippen molar-refractivity contribution in [3.05, 3.63) is 36.2 Å². The van der Waals surface area contributed by atoms with E-state index in [2.05, 4.69) is 43.9 Å². The van der Waals surface area contributed by atoms with Crippen LogP contribution in [0.25, 0.3) is 5.69 Å². The van der Waals surface area contributed by atoms with Crippen LogP contribution in [0.1, 0.15) is 44.3 Å². The summed E-state index contributed by atoms with van der Waals surface area (Å²) in [5.74, 6) is 2.04. The van der Waals surface area contributed by atoms with Crippen molar-refractivity contribution in [1.82, 2.24) is 19.7 Å². The number of unbranched alkanes of at least 4 members (excludes halogenated alkanes) is 2. The van der Waals surface area contributed by atoms with E-state index in [0.717, 1.165) is 61.3 Å². The molecule has 1 aliphatic heterocycles. The van der Waals surface area contributed by atoms with Crippen LogP contribution in [0.4, 0.5) is 0 Å². The monoisotopic (exact) mass is 360 g/mol. The summed E-state index contributed by atoms with van der Waals surface area (Å²) in [6.45, 7) is 3.47. The molecule has 0 amide bonds. The van der Waals surface area contributed by atoms with Crippen molar-refractivity contribution in [1.29, 1.82) is 0 Å². The number of hydrogen-bond acceptors (Lipinski definition) is 5. The third-order valence-electron chi connectivity index (χ3n) is 4.56. The molecule has 0 aliphatic carbocycles.